The zero-order valence-corrected chi connectivity index (χ0v) is 9.56. The van der Waals surface area contributed by atoms with E-state index < -0.39 is 5.97 Å². The third-order valence-corrected chi connectivity index (χ3v) is 4.01. The van der Waals surface area contributed by atoms with Crippen molar-refractivity contribution in [3.8, 4) is 12.3 Å². The van der Waals surface area contributed by atoms with E-state index in [9.17, 15) is 9.90 Å². The number of carboxylic acids is 1. The number of terminal acetylenes is 1. The summed E-state index contributed by atoms with van der Waals surface area (Å²) >= 11 is 0. The largest absolute Gasteiger partial charge is 0.480 e. The fraction of sp³-hybridized carbons (Fsp3) is 0.769. The summed E-state index contributed by atoms with van der Waals surface area (Å²) in [6, 6.07) is -0.245. The molecule has 0 amide bonds. The Morgan fingerprint density at radius 2 is 2.31 bits per heavy atom. The molecule has 0 spiro atoms. The predicted octanol–water partition coefficient (Wildman–Crippen LogP) is 1.58. The summed E-state index contributed by atoms with van der Waals surface area (Å²) in [4.78, 5) is 13.4. The van der Waals surface area contributed by atoms with Crippen LogP contribution in [0.25, 0.3) is 0 Å². The SMILES string of the molecule is C#CCCCN1CC2CCCC2C1C(=O)O. The van der Waals surface area contributed by atoms with E-state index in [1.807, 2.05) is 0 Å². The van der Waals surface area contributed by atoms with Gasteiger partial charge in [0.05, 0.1) is 0 Å². The van der Waals surface area contributed by atoms with Crippen LogP contribution in [0.4, 0.5) is 0 Å². The average molecular weight is 221 g/mol. The Labute approximate surface area is 96.8 Å². The molecule has 2 aliphatic rings. The monoisotopic (exact) mass is 221 g/mol. The maximum absolute atomic E-state index is 11.3. The third kappa shape index (κ3) is 2.08. The highest BCUT2D eigenvalue weighted by Crippen LogP contribution is 2.42. The van der Waals surface area contributed by atoms with Crippen LogP contribution in [0, 0.1) is 24.2 Å². The van der Waals surface area contributed by atoms with Crippen LogP contribution in [0.15, 0.2) is 0 Å². The van der Waals surface area contributed by atoms with Crippen molar-refractivity contribution in [2.24, 2.45) is 11.8 Å². The number of aliphatic carboxylic acids is 1. The molecular weight excluding hydrogens is 202 g/mol. The summed E-state index contributed by atoms with van der Waals surface area (Å²) in [5, 5.41) is 9.31. The third-order valence-electron chi connectivity index (χ3n) is 4.01. The quantitative estimate of drug-likeness (QED) is 0.579. The van der Waals surface area contributed by atoms with E-state index in [1.54, 1.807) is 0 Å². The molecule has 1 saturated carbocycles. The van der Waals surface area contributed by atoms with Crippen molar-refractivity contribution in [2.75, 3.05) is 13.1 Å². The molecule has 0 radical (unpaired) electrons. The topological polar surface area (TPSA) is 40.5 Å². The van der Waals surface area contributed by atoms with E-state index in [-0.39, 0.29) is 6.04 Å². The molecule has 16 heavy (non-hydrogen) atoms. The highest BCUT2D eigenvalue weighted by atomic mass is 16.4. The smallest absolute Gasteiger partial charge is 0.321 e. The molecule has 3 atom stereocenters. The highest BCUT2D eigenvalue weighted by Gasteiger charge is 2.47. The van der Waals surface area contributed by atoms with Crippen molar-refractivity contribution >= 4 is 5.97 Å². The van der Waals surface area contributed by atoms with E-state index in [4.69, 9.17) is 6.42 Å². The van der Waals surface area contributed by atoms with Gasteiger partial charge in [-0.1, -0.05) is 6.42 Å². The second-order valence-electron chi connectivity index (χ2n) is 4.94. The van der Waals surface area contributed by atoms with E-state index in [0.717, 1.165) is 32.4 Å². The van der Waals surface area contributed by atoms with Gasteiger partial charge < -0.3 is 5.11 Å². The van der Waals surface area contributed by atoms with Gasteiger partial charge in [-0.3, -0.25) is 9.69 Å². The zero-order chi connectivity index (χ0) is 11.5. The standard InChI is InChI=1S/C13H19NO2/c1-2-3-4-8-14-9-10-6-5-7-11(10)12(14)13(15)16/h1,10-12H,3-9H2,(H,15,16). The Balaban J connectivity index is 1.97. The van der Waals surface area contributed by atoms with Crippen LogP contribution in [-0.2, 0) is 4.79 Å². The molecule has 0 bridgehead atoms. The Kier molecular flexibility index (Phi) is 3.50. The van der Waals surface area contributed by atoms with E-state index >= 15 is 0 Å². The highest BCUT2D eigenvalue weighted by molar-refractivity contribution is 5.74. The molecule has 1 saturated heterocycles. The Morgan fingerprint density at radius 3 is 3.00 bits per heavy atom. The number of rotatable bonds is 4. The van der Waals surface area contributed by atoms with Crippen molar-refractivity contribution in [3.63, 3.8) is 0 Å². The first-order valence-corrected chi connectivity index (χ1v) is 6.14. The molecule has 1 heterocycles. The first-order valence-electron chi connectivity index (χ1n) is 6.14. The van der Waals surface area contributed by atoms with E-state index in [2.05, 4.69) is 10.8 Å². The molecule has 0 aromatic heterocycles. The molecule has 1 aliphatic carbocycles. The van der Waals surface area contributed by atoms with Gasteiger partial charge in [-0.25, -0.2) is 0 Å². The number of fused-ring (bicyclic) bond motifs is 1. The molecule has 1 N–H and O–H groups in total. The molecule has 2 fully saturated rings. The molecule has 0 aromatic carbocycles. The lowest BCUT2D eigenvalue weighted by Gasteiger charge is -2.23. The Bertz CT molecular complexity index is 308. The number of nitrogens with zero attached hydrogens (tertiary/aromatic N) is 1. The molecule has 3 nitrogen and oxygen atoms in total. The second-order valence-corrected chi connectivity index (χ2v) is 4.94. The molecule has 3 unspecified atom stereocenters. The fourth-order valence-corrected chi connectivity index (χ4v) is 3.35. The van der Waals surface area contributed by atoms with Crippen molar-refractivity contribution in [3.05, 3.63) is 0 Å². The number of hydrogen-bond acceptors (Lipinski definition) is 2. The molecule has 3 heteroatoms. The molecule has 2 rings (SSSR count). The van der Waals surface area contributed by atoms with Gasteiger partial charge in [0.25, 0.3) is 0 Å². The van der Waals surface area contributed by atoms with Gasteiger partial charge in [0.2, 0.25) is 0 Å². The summed E-state index contributed by atoms with van der Waals surface area (Å²) in [6.07, 6.45) is 10.4. The van der Waals surface area contributed by atoms with Gasteiger partial charge in [-0.2, -0.15) is 0 Å². The molecule has 88 valence electrons. The number of hydrogen-bond donors (Lipinski definition) is 1. The minimum absolute atomic E-state index is 0.245. The van der Waals surface area contributed by atoms with Crippen LogP contribution in [0.5, 0.6) is 0 Å². The summed E-state index contributed by atoms with van der Waals surface area (Å²) in [6.45, 7) is 1.81. The minimum Gasteiger partial charge on any atom is -0.480 e. The normalized spacial score (nSPS) is 33.6. The average Bonchev–Trinajstić information content (AvgIpc) is 2.76. The first-order chi connectivity index (χ1) is 7.74. The number of carboxylic acid groups (broad SMARTS) is 1. The first kappa shape index (κ1) is 11.5. The van der Waals surface area contributed by atoms with Gasteiger partial charge >= 0.3 is 5.97 Å². The van der Waals surface area contributed by atoms with Crippen LogP contribution in [-0.4, -0.2) is 35.1 Å². The molecular formula is C13H19NO2. The lowest BCUT2D eigenvalue weighted by molar-refractivity contribution is -0.143. The number of unbranched alkanes of at least 4 members (excludes halogenated alkanes) is 1. The zero-order valence-electron chi connectivity index (χ0n) is 9.56. The summed E-state index contributed by atoms with van der Waals surface area (Å²) in [5.41, 5.74) is 0. The van der Waals surface area contributed by atoms with E-state index in [0.29, 0.717) is 11.8 Å². The maximum Gasteiger partial charge on any atom is 0.321 e. The second kappa shape index (κ2) is 4.88. The Morgan fingerprint density at radius 1 is 1.50 bits per heavy atom. The van der Waals surface area contributed by atoms with Crippen molar-refractivity contribution in [1.29, 1.82) is 0 Å². The van der Waals surface area contributed by atoms with Gasteiger partial charge in [-0.05, 0) is 37.6 Å². The number of likely N-dealkylation sites (tertiary alicyclic amines) is 1. The van der Waals surface area contributed by atoms with E-state index in [1.165, 1.54) is 12.8 Å². The Hall–Kier alpha value is -1.01. The van der Waals surface area contributed by atoms with Gasteiger partial charge in [-0.15, -0.1) is 12.3 Å². The predicted molar refractivity (Wildman–Crippen MR) is 61.9 cm³/mol. The molecule has 0 aromatic rings. The van der Waals surface area contributed by atoms with Crippen molar-refractivity contribution < 1.29 is 9.90 Å². The molecule has 1 aliphatic heterocycles. The van der Waals surface area contributed by atoms with Crippen LogP contribution in [0.3, 0.4) is 0 Å². The van der Waals surface area contributed by atoms with Crippen molar-refractivity contribution in [2.45, 2.75) is 38.1 Å². The minimum atomic E-state index is -0.643. The summed E-state index contributed by atoms with van der Waals surface area (Å²) in [5.74, 6) is 2.98. The van der Waals surface area contributed by atoms with Gasteiger partial charge in [0.15, 0.2) is 0 Å². The lowest BCUT2D eigenvalue weighted by atomic mass is 9.94. The van der Waals surface area contributed by atoms with Gasteiger partial charge in [0.1, 0.15) is 6.04 Å². The van der Waals surface area contributed by atoms with Crippen LogP contribution >= 0.6 is 0 Å². The van der Waals surface area contributed by atoms with Crippen LogP contribution < -0.4 is 0 Å². The van der Waals surface area contributed by atoms with Crippen LogP contribution in [0.1, 0.15) is 32.1 Å². The fourth-order valence-electron chi connectivity index (χ4n) is 3.35. The lowest BCUT2D eigenvalue weighted by Crippen LogP contribution is -2.40. The summed E-state index contributed by atoms with van der Waals surface area (Å²) in [7, 11) is 0. The van der Waals surface area contributed by atoms with Crippen LogP contribution in [0.2, 0.25) is 0 Å². The maximum atomic E-state index is 11.3. The van der Waals surface area contributed by atoms with Crippen molar-refractivity contribution in [1.82, 2.24) is 4.90 Å². The van der Waals surface area contributed by atoms with Gasteiger partial charge in [0, 0.05) is 13.0 Å². The number of carbonyl (C=O) groups is 1. The summed E-state index contributed by atoms with van der Waals surface area (Å²) < 4.78 is 0.